The zero-order valence-electron chi connectivity index (χ0n) is 37.6. The summed E-state index contributed by atoms with van der Waals surface area (Å²) in [4.78, 5) is 67.8. The van der Waals surface area contributed by atoms with Crippen molar-refractivity contribution in [3.8, 4) is 0 Å². The van der Waals surface area contributed by atoms with E-state index in [0.29, 0.717) is 40.0 Å². The van der Waals surface area contributed by atoms with Crippen molar-refractivity contribution < 1.29 is 19.2 Å². The van der Waals surface area contributed by atoms with Gasteiger partial charge in [0.05, 0.1) is 0 Å². The maximum Gasteiger partial charge on any atom is 0.328 e. The Labute approximate surface area is 361 Å². The van der Waals surface area contributed by atoms with Gasteiger partial charge in [-0.1, -0.05) is 82.3 Å². The standard InChI is InChI=1S/C49H60N8O4/c1-13-35(4)43-28-15-17-30-45(43)57(12)49(61)55(10)41-26-20-24-39(33-41)53(8)47(59)51(6)37-22-18-21-36(31-37)50(5)46(58)52(7)38-23-19-25-40(32-38)54(9)48(60)56(11)44-29-16-14-27-42(44)34(2)3/h14-35H,13H2,1-12H3. The van der Waals surface area contributed by atoms with Crippen molar-refractivity contribution in [2.45, 2.75) is 46.0 Å². The van der Waals surface area contributed by atoms with Crippen LogP contribution < -0.4 is 39.2 Å². The second-order valence-electron chi connectivity index (χ2n) is 15.7. The van der Waals surface area contributed by atoms with Crippen molar-refractivity contribution in [1.29, 1.82) is 0 Å². The van der Waals surface area contributed by atoms with Gasteiger partial charge in [-0.05, 0) is 96.1 Å². The van der Waals surface area contributed by atoms with Crippen LogP contribution in [0, 0.1) is 0 Å². The quantitative estimate of drug-likeness (QED) is 0.133. The fourth-order valence-corrected chi connectivity index (χ4v) is 7.21. The van der Waals surface area contributed by atoms with Gasteiger partial charge in [0, 0.05) is 102 Å². The van der Waals surface area contributed by atoms with Gasteiger partial charge in [-0.15, -0.1) is 0 Å². The fraction of sp³-hybridized carbons (Fsp3) is 0.306. The largest absolute Gasteiger partial charge is 0.328 e. The molecule has 5 aromatic carbocycles. The van der Waals surface area contributed by atoms with E-state index in [0.717, 1.165) is 28.9 Å². The van der Waals surface area contributed by atoms with Gasteiger partial charge < -0.3 is 0 Å². The molecule has 1 unspecified atom stereocenters. The van der Waals surface area contributed by atoms with E-state index in [1.54, 1.807) is 106 Å². The summed E-state index contributed by atoms with van der Waals surface area (Å²) in [7, 11) is 13.7. The first-order valence-electron chi connectivity index (χ1n) is 20.5. The summed E-state index contributed by atoms with van der Waals surface area (Å²) in [5.41, 5.74) is 7.50. The van der Waals surface area contributed by atoms with E-state index in [9.17, 15) is 19.2 Å². The third-order valence-corrected chi connectivity index (χ3v) is 11.5. The first-order valence-corrected chi connectivity index (χ1v) is 20.5. The van der Waals surface area contributed by atoms with Crippen LogP contribution in [0.1, 0.15) is 57.1 Å². The lowest BCUT2D eigenvalue weighted by Crippen LogP contribution is -2.41. The predicted molar refractivity (Wildman–Crippen MR) is 254 cm³/mol. The highest BCUT2D eigenvalue weighted by Crippen LogP contribution is 2.32. The zero-order valence-corrected chi connectivity index (χ0v) is 37.6. The maximum absolute atomic E-state index is 13.9. The predicted octanol–water partition coefficient (Wildman–Crippen LogP) is 11.1. The van der Waals surface area contributed by atoms with Gasteiger partial charge in [0.1, 0.15) is 0 Å². The number of amides is 8. The summed E-state index contributed by atoms with van der Waals surface area (Å²) in [6.07, 6.45) is 0.953. The van der Waals surface area contributed by atoms with Crippen LogP contribution in [0.3, 0.4) is 0 Å². The van der Waals surface area contributed by atoms with Crippen LogP contribution >= 0.6 is 0 Å². The third-order valence-electron chi connectivity index (χ3n) is 11.5. The van der Waals surface area contributed by atoms with Crippen molar-refractivity contribution in [1.82, 2.24) is 0 Å². The number of carbonyl (C=O) groups excluding carboxylic acids is 4. The second kappa shape index (κ2) is 19.5. The molecule has 0 bridgehead atoms. The number of hydrogen-bond acceptors (Lipinski definition) is 4. The molecule has 0 aliphatic carbocycles. The summed E-state index contributed by atoms with van der Waals surface area (Å²) >= 11 is 0. The second-order valence-corrected chi connectivity index (χ2v) is 15.7. The molecule has 0 aliphatic heterocycles. The molecule has 12 nitrogen and oxygen atoms in total. The molecule has 0 fully saturated rings. The molecular weight excluding hydrogens is 765 g/mol. The molecule has 5 rings (SSSR count). The van der Waals surface area contributed by atoms with E-state index in [-0.39, 0.29) is 30.0 Å². The van der Waals surface area contributed by atoms with Crippen molar-refractivity contribution in [3.05, 3.63) is 132 Å². The Kier molecular flexibility index (Phi) is 14.5. The average Bonchev–Trinajstić information content (AvgIpc) is 3.30. The molecule has 320 valence electrons. The number of benzene rings is 5. The SMILES string of the molecule is CCC(C)c1ccccc1N(C)C(=O)N(C)c1cccc(N(C)C(=O)N(C)c2cccc(N(C)C(=O)N(C)c3cccc(N(C)C(=O)N(C)c4ccccc4C(C)C)c3)c2)c1. The fourth-order valence-electron chi connectivity index (χ4n) is 7.21. The molecule has 0 radical (unpaired) electrons. The van der Waals surface area contributed by atoms with Crippen LogP contribution in [0.2, 0.25) is 0 Å². The van der Waals surface area contributed by atoms with Gasteiger partial charge in [0.25, 0.3) is 0 Å². The van der Waals surface area contributed by atoms with Gasteiger partial charge in [-0.25, -0.2) is 19.2 Å². The van der Waals surface area contributed by atoms with Crippen LogP contribution in [0.15, 0.2) is 121 Å². The lowest BCUT2D eigenvalue weighted by molar-refractivity contribution is 0.253. The van der Waals surface area contributed by atoms with Crippen LogP contribution in [0.5, 0.6) is 0 Å². The Morgan fingerprint density at radius 3 is 0.934 bits per heavy atom. The first-order chi connectivity index (χ1) is 29.0. The molecule has 1 atom stereocenters. The molecule has 0 spiro atoms. The number of rotatable bonds is 11. The highest BCUT2D eigenvalue weighted by molar-refractivity contribution is 6.08. The molecular formula is C49H60N8O4. The topological polar surface area (TPSA) is 94.2 Å². The van der Waals surface area contributed by atoms with Crippen molar-refractivity contribution in [2.24, 2.45) is 0 Å². The smallest absolute Gasteiger partial charge is 0.297 e. The van der Waals surface area contributed by atoms with E-state index in [1.165, 1.54) is 19.6 Å². The Balaban J connectivity index is 1.27. The van der Waals surface area contributed by atoms with Crippen LogP contribution in [-0.4, -0.2) is 80.5 Å². The molecule has 0 aliphatic rings. The van der Waals surface area contributed by atoms with Crippen molar-refractivity contribution in [3.63, 3.8) is 0 Å². The molecule has 0 saturated heterocycles. The number of hydrogen-bond donors (Lipinski definition) is 0. The minimum absolute atomic E-state index is 0.206. The minimum atomic E-state index is -0.318. The highest BCUT2D eigenvalue weighted by atomic mass is 16.2. The maximum atomic E-state index is 13.9. The lowest BCUT2D eigenvalue weighted by Gasteiger charge is -2.30. The number of anilines is 8. The van der Waals surface area contributed by atoms with Crippen molar-refractivity contribution >= 4 is 69.6 Å². The molecule has 0 aromatic heterocycles. The van der Waals surface area contributed by atoms with Gasteiger partial charge >= 0.3 is 24.1 Å². The molecule has 12 heteroatoms. The number of carbonyl (C=O) groups is 4. The van der Waals surface area contributed by atoms with Gasteiger partial charge in [-0.2, -0.15) is 0 Å². The summed E-state index contributed by atoms with van der Waals surface area (Å²) in [5.74, 6) is 0.535. The normalized spacial score (nSPS) is 11.4. The summed E-state index contributed by atoms with van der Waals surface area (Å²) in [5, 5.41) is 0. The molecule has 5 aromatic rings. The zero-order chi connectivity index (χ0) is 44.7. The summed E-state index contributed by atoms with van der Waals surface area (Å²) in [6.45, 7) is 8.49. The first kappa shape index (κ1) is 45.3. The molecule has 8 amide bonds. The Morgan fingerprint density at radius 1 is 0.377 bits per heavy atom. The van der Waals surface area contributed by atoms with Gasteiger partial charge in [0.2, 0.25) is 0 Å². The van der Waals surface area contributed by atoms with Gasteiger partial charge in [-0.3, -0.25) is 39.2 Å². The summed E-state index contributed by atoms with van der Waals surface area (Å²) in [6, 6.07) is 36.5. The number of para-hydroxylation sites is 2. The molecule has 61 heavy (non-hydrogen) atoms. The van der Waals surface area contributed by atoms with Crippen LogP contribution in [-0.2, 0) is 0 Å². The third kappa shape index (κ3) is 9.81. The highest BCUT2D eigenvalue weighted by Gasteiger charge is 2.25. The Bertz CT molecular complexity index is 2360. The van der Waals surface area contributed by atoms with Crippen molar-refractivity contribution in [2.75, 3.05) is 95.6 Å². The Hall–Kier alpha value is -6.82. The molecule has 0 heterocycles. The van der Waals surface area contributed by atoms with Crippen LogP contribution in [0.25, 0.3) is 0 Å². The monoisotopic (exact) mass is 824 g/mol. The Morgan fingerprint density at radius 2 is 0.639 bits per heavy atom. The van der Waals surface area contributed by atoms with E-state index in [2.05, 4.69) is 33.8 Å². The molecule has 0 N–H and O–H groups in total. The van der Waals surface area contributed by atoms with E-state index >= 15 is 0 Å². The van der Waals surface area contributed by atoms with E-state index in [1.807, 2.05) is 84.9 Å². The number of urea groups is 4. The molecule has 0 saturated carbocycles. The van der Waals surface area contributed by atoms with Crippen LogP contribution in [0.4, 0.5) is 64.7 Å². The number of nitrogens with zero attached hydrogens (tertiary/aromatic N) is 8. The van der Waals surface area contributed by atoms with Gasteiger partial charge in [0.15, 0.2) is 0 Å². The lowest BCUT2D eigenvalue weighted by atomic mass is 9.96. The summed E-state index contributed by atoms with van der Waals surface area (Å²) < 4.78 is 0. The minimum Gasteiger partial charge on any atom is -0.297 e. The van der Waals surface area contributed by atoms with E-state index < -0.39 is 0 Å². The average molecular weight is 825 g/mol. The van der Waals surface area contributed by atoms with E-state index in [4.69, 9.17) is 0 Å².